The van der Waals surface area contributed by atoms with Crippen molar-refractivity contribution in [3.05, 3.63) is 83.2 Å². The topological polar surface area (TPSA) is 30.0 Å². The lowest BCUT2D eigenvalue weighted by Gasteiger charge is -2.01. The van der Waals surface area contributed by atoms with Crippen LogP contribution in [0.5, 0.6) is 0 Å². The summed E-state index contributed by atoms with van der Waals surface area (Å²) in [7, 11) is 2.03. The highest BCUT2D eigenvalue weighted by Gasteiger charge is 2.06. The summed E-state index contributed by atoms with van der Waals surface area (Å²) in [6, 6.07) is 21.8. The van der Waals surface area contributed by atoms with E-state index in [1.165, 1.54) is 0 Å². The van der Waals surface area contributed by atoms with E-state index < -0.39 is 0 Å². The summed E-state index contributed by atoms with van der Waals surface area (Å²) in [6.45, 7) is 0. The van der Waals surface area contributed by atoms with Crippen LogP contribution in [0.3, 0.4) is 0 Å². The average Bonchev–Trinajstić information content (AvgIpc) is 2.72. The Labute approximate surface area is 134 Å². The molecule has 0 aliphatic rings. The van der Waals surface area contributed by atoms with Crippen LogP contribution >= 0.6 is 0 Å². The first-order valence-electron chi connectivity index (χ1n) is 7.61. The van der Waals surface area contributed by atoms with E-state index in [0.717, 1.165) is 32.9 Å². The zero-order chi connectivity index (χ0) is 15.8. The summed E-state index contributed by atoms with van der Waals surface area (Å²) in [5, 5.41) is 2.34. The Balaban J connectivity index is 2.08. The lowest BCUT2D eigenvalue weighted by Crippen LogP contribution is -2.04. The van der Waals surface area contributed by atoms with Gasteiger partial charge in [-0.15, -0.1) is 0 Å². The molecule has 2 nitrogen and oxygen atoms in total. The highest BCUT2D eigenvalue weighted by molar-refractivity contribution is 6.33. The Hall–Kier alpha value is -2.94. The van der Waals surface area contributed by atoms with Crippen molar-refractivity contribution in [3.63, 3.8) is 0 Å². The van der Waals surface area contributed by atoms with Crippen LogP contribution in [0.1, 0.15) is 0 Å². The number of nitrogens with zero attached hydrogens (tertiary/aromatic N) is 1. The van der Waals surface area contributed by atoms with E-state index in [2.05, 4.69) is 4.98 Å². The molecule has 108 valence electrons. The van der Waals surface area contributed by atoms with Gasteiger partial charge in [0, 0.05) is 22.5 Å². The SMILES string of the molecule is Bc1ccc2c(=O)c3cc(-c4ccccc4)cnc3ccc2c1. The van der Waals surface area contributed by atoms with Crippen LogP contribution in [0.2, 0.25) is 0 Å². The largest absolute Gasteiger partial charge is 0.289 e. The zero-order valence-electron chi connectivity index (χ0n) is 12.8. The molecule has 0 bridgehead atoms. The second-order valence-electron chi connectivity index (χ2n) is 5.78. The number of aromatic nitrogens is 1. The van der Waals surface area contributed by atoms with Crippen molar-refractivity contribution < 1.29 is 0 Å². The van der Waals surface area contributed by atoms with E-state index in [9.17, 15) is 4.79 Å². The number of hydrogen-bond acceptors (Lipinski definition) is 2. The molecule has 0 saturated carbocycles. The Morgan fingerprint density at radius 3 is 2.43 bits per heavy atom. The molecule has 1 heterocycles. The van der Waals surface area contributed by atoms with Gasteiger partial charge in [-0.2, -0.15) is 0 Å². The Morgan fingerprint density at radius 1 is 0.783 bits per heavy atom. The third-order valence-corrected chi connectivity index (χ3v) is 4.14. The molecule has 0 amide bonds. The molecule has 3 aromatic carbocycles. The molecular formula is C20H14BNO. The first-order chi connectivity index (χ1) is 11.2. The minimum Gasteiger partial charge on any atom is -0.289 e. The fraction of sp³-hybridized carbons (Fsp3) is 0. The summed E-state index contributed by atoms with van der Waals surface area (Å²) in [6.07, 6.45) is 1.83. The molecule has 0 saturated heterocycles. The van der Waals surface area contributed by atoms with Crippen molar-refractivity contribution in [1.82, 2.24) is 4.98 Å². The number of rotatable bonds is 1. The van der Waals surface area contributed by atoms with E-state index in [1.54, 1.807) is 0 Å². The molecule has 0 spiro atoms. The van der Waals surface area contributed by atoms with Gasteiger partial charge in [0.2, 0.25) is 0 Å². The molecule has 3 heteroatoms. The molecule has 0 aliphatic heterocycles. The Kier molecular flexibility index (Phi) is 3.20. The van der Waals surface area contributed by atoms with Gasteiger partial charge < -0.3 is 0 Å². The summed E-state index contributed by atoms with van der Waals surface area (Å²) in [5.41, 5.74) is 3.92. The summed E-state index contributed by atoms with van der Waals surface area (Å²) in [5.74, 6) is 0. The minimum absolute atomic E-state index is 0.0327. The van der Waals surface area contributed by atoms with Gasteiger partial charge in [-0.05, 0) is 23.1 Å². The van der Waals surface area contributed by atoms with Crippen LogP contribution in [-0.2, 0) is 0 Å². The third kappa shape index (κ3) is 2.40. The predicted molar refractivity (Wildman–Crippen MR) is 99.1 cm³/mol. The molecule has 1 aromatic heterocycles. The standard InChI is InChI=1S/C20H14BNO/c21-16-7-8-17-14(10-16)6-9-19-18(20(17)23)11-15(12-22-19)13-4-2-1-3-5-13/h1-12H,21H2. The summed E-state index contributed by atoms with van der Waals surface area (Å²) < 4.78 is 0. The van der Waals surface area contributed by atoms with Crippen molar-refractivity contribution >= 4 is 35.0 Å². The van der Waals surface area contributed by atoms with Gasteiger partial charge in [-0.3, -0.25) is 9.78 Å². The normalized spacial score (nSPS) is 11.0. The molecule has 0 aliphatic carbocycles. The van der Waals surface area contributed by atoms with E-state index >= 15 is 0 Å². The Bertz CT molecular complexity index is 1090. The van der Waals surface area contributed by atoms with Gasteiger partial charge >= 0.3 is 0 Å². The number of hydrogen-bond donors (Lipinski definition) is 0. The van der Waals surface area contributed by atoms with Crippen LogP contribution < -0.4 is 10.9 Å². The lowest BCUT2D eigenvalue weighted by atomic mass is 9.94. The van der Waals surface area contributed by atoms with Gasteiger partial charge in [-0.1, -0.05) is 60.1 Å². The van der Waals surface area contributed by atoms with Gasteiger partial charge in [0.25, 0.3) is 0 Å². The van der Waals surface area contributed by atoms with Crippen LogP contribution in [0.4, 0.5) is 0 Å². The van der Waals surface area contributed by atoms with Crippen molar-refractivity contribution in [1.29, 1.82) is 0 Å². The maximum atomic E-state index is 12.9. The fourth-order valence-corrected chi connectivity index (χ4v) is 2.92. The maximum absolute atomic E-state index is 12.9. The monoisotopic (exact) mass is 295 g/mol. The van der Waals surface area contributed by atoms with Crippen molar-refractivity contribution in [3.8, 4) is 11.1 Å². The van der Waals surface area contributed by atoms with Crippen molar-refractivity contribution in [2.45, 2.75) is 0 Å². The van der Waals surface area contributed by atoms with Crippen LogP contribution in [-0.4, -0.2) is 12.8 Å². The van der Waals surface area contributed by atoms with Gasteiger partial charge in [-0.25, -0.2) is 0 Å². The molecule has 0 fully saturated rings. The quantitative estimate of drug-likeness (QED) is 0.505. The third-order valence-electron chi connectivity index (χ3n) is 4.14. The van der Waals surface area contributed by atoms with E-state index in [1.807, 2.05) is 80.8 Å². The molecule has 0 N–H and O–H groups in total. The summed E-state index contributed by atoms with van der Waals surface area (Å²) in [4.78, 5) is 17.4. The lowest BCUT2D eigenvalue weighted by molar-refractivity contribution is 1.41. The van der Waals surface area contributed by atoms with Gasteiger partial charge in [0.15, 0.2) is 5.43 Å². The van der Waals surface area contributed by atoms with Gasteiger partial charge in [0.05, 0.1) is 5.52 Å². The smallest absolute Gasteiger partial charge is 0.195 e. The number of fused-ring (bicyclic) bond motifs is 2. The van der Waals surface area contributed by atoms with E-state index in [4.69, 9.17) is 0 Å². The molecule has 4 rings (SSSR count). The first kappa shape index (κ1) is 13.7. The van der Waals surface area contributed by atoms with Crippen LogP contribution in [0.15, 0.2) is 77.7 Å². The molecule has 0 unspecified atom stereocenters. The first-order valence-corrected chi connectivity index (χ1v) is 7.61. The molecule has 23 heavy (non-hydrogen) atoms. The highest BCUT2D eigenvalue weighted by atomic mass is 16.1. The second kappa shape index (κ2) is 5.36. The molecule has 0 atom stereocenters. The fourth-order valence-electron chi connectivity index (χ4n) is 2.92. The minimum atomic E-state index is 0.0327. The molecule has 4 aromatic rings. The number of benzene rings is 2. The van der Waals surface area contributed by atoms with Crippen molar-refractivity contribution in [2.75, 3.05) is 0 Å². The van der Waals surface area contributed by atoms with Crippen LogP contribution in [0.25, 0.3) is 32.8 Å². The average molecular weight is 295 g/mol. The van der Waals surface area contributed by atoms with Crippen LogP contribution in [0, 0.1) is 0 Å². The Morgan fingerprint density at radius 2 is 1.61 bits per heavy atom. The maximum Gasteiger partial charge on any atom is 0.195 e. The number of pyridine rings is 1. The van der Waals surface area contributed by atoms with E-state index in [0.29, 0.717) is 5.39 Å². The molecular weight excluding hydrogens is 281 g/mol. The highest BCUT2D eigenvalue weighted by Crippen LogP contribution is 2.21. The summed E-state index contributed by atoms with van der Waals surface area (Å²) >= 11 is 0. The van der Waals surface area contributed by atoms with E-state index in [-0.39, 0.29) is 5.43 Å². The second-order valence-corrected chi connectivity index (χ2v) is 5.78. The van der Waals surface area contributed by atoms with Gasteiger partial charge in [0.1, 0.15) is 7.85 Å². The predicted octanol–water partition coefficient (Wildman–Crippen LogP) is 2.67. The zero-order valence-corrected chi connectivity index (χ0v) is 12.8. The molecule has 0 radical (unpaired) electrons. The van der Waals surface area contributed by atoms with Crippen molar-refractivity contribution in [2.24, 2.45) is 0 Å².